The van der Waals surface area contributed by atoms with Gasteiger partial charge in [0.15, 0.2) is 0 Å². The number of hydrogen-bond acceptors (Lipinski definition) is 2. The lowest BCUT2D eigenvalue weighted by Gasteiger charge is -1.87. The van der Waals surface area contributed by atoms with Crippen molar-refractivity contribution in [3.05, 3.63) is 29.7 Å². The minimum atomic E-state index is 0.460. The van der Waals surface area contributed by atoms with Crippen molar-refractivity contribution in [3.8, 4) is 6.07 Å². The van der Waals surface area contributed by atoms with E-state index in [0.29, 0.717) is 5.69 Å². The van der Waals surface area contributed by atoms with Crippen LogP contribution < -0.4 is 0 Å². The zero-order valence-corrected chi connectivity index (χ0v) is 6.63. The fourth-order valence-corrected chi connectivity index (χ4v) is 1.24. The summed E-state index contributed by atoms with van der Waals surface area (Å²) in [6, 6.07) is 5.78. The summed E-state index contributed by atoms with van der Waals surface area (Å²) in [4.78, 5) is 7.08. The minimum Gasteiger partial charge on any atom is -0.357 e. The van der Waals surface area contributed by atoms with E-state index in [1.165, 1.54) is 0 Å². The lowest BCUT2D eigenvalue weighted by atomic mass is 10.2. The van der Waals surface area contributed by atoms with Gasteiger partial charge < -0.3 is 4.98 Å². The molecule has 0 fully saturated rings. The lowest BCUT2D eigenvalue weighted by Crippen LogP contribution is -1.79. The largest absolute Gasteiger partial charge is 0.357 e. The first-order valence-corrected chi connectivity index (χ1v) is 3.65. The molecule has 2 aromatic heterocycles. The van der Waals surface area contributed by atoms with Crippen LogP contribution in [-0.4, -0.2) is 9.97 Å². The summed E-state index contributed by atoms with van der Waals surface area (Å²) in [5.41, 5.74) is 2.52. The minimum absolute atomic E-state index is 0.460. The number of aromatic nitrogens is 2. The number of nitriles is 1. The van der Waals surface area contributed by atoms with Gasteiger partial charge in [-0.3, -0.25) is 0 Å². The van der Waals surface area contributed by atoms with Gasteiger partial charge in [0.2, 0.25) is 0 Å². The quantitative estimate of drug-likeness (QED) is 0.633. The van der Waals surface area contributed by atoms with Crippen LogP contribution in [0.25, 0.3) is 10.9 Å². The predicted octanol–water partition coefficient (Wildman–Crippen LogP) is 1.74. The van der Waals surface area contributed by atoms with Gasteiger partial charge in [-0.2, -0.15) is 5.26 Å². The zero-order chi connectivity index (χ0) is 8.55. The molecule has 12 heavy (non-hydrogen) atoms. The second-order valence-corrected chi connectivity index (χ2v) is 2.72. The number of fused-ring (bicyclic) bond motifs is 1. The van der Waals surface area contributed by atoms with Gasteiger partial charge in [0.1, 0.15) is 11.8 Å². The second-order valence-electron chi connectivity index (χ2n) is 2.72. The third-order valence-corrected chi connectivity index (χ3v) is 1.75. The van der Waals surface area contributed by atoms with Gasteiger partial charge in [-0.25, -0.2) is 4.98 Å². The third kappa shape index (κ3) is 0.940. The first-order valence-electron chi connectivity index (χ1n) is 3.65. The summed E-state index contributed by atoms with van der Waals surface area (Å²) in [5, 5.41) is 9.62. The average molecular weight is 157 g/mol. The third-order valence-electron chi connectivity index (χ3n) is 1.75. The van der Waals surface area contributed by atoms with Gasteiger partial charge in [0.25, 0.3) is 0 Å². The highest BCUT2D eigenvalue weighted by molar-refractivity contribution is 5.80. The van der Waals surface area contributed by atoms with Crippen LogP contribution in [-0.2, 0) is 0 Å². The smallest absolute Gasteiger partial charge is 0.141 e. The SMILES string of the molecule is Cc1cc2cc(C#N)ncc2[nH]1. The molecule has 0 radical (unpaired) electrons. The molecule has 2 aromatic rings. The normalized spacial score (nSPS) is 10.0. The molecule has 1 N–H and O–H groups in total. The van der Waals surface area contributed by atoms with Crippen molar-refractivity contribution in [2.75, 3.05) is 0 Å². The molecular weight excluding hydrogens is 150 g/mol. The van der Waals surface area contributed by atoms with Crippen LogP contribution >= 0.6 is 0 Å². The Hall–Kier alpha value is -1.82. The molecular formula is C9H7N3. The molecule has 3 heteroatoms. The summed E-state index contributed by atoms with van der Waals surface area (Å²) in [6.45, 7) is 1.98. The molecule has 0 aliphatic heterocycles. The molecule has 2 rings (SSSR count). The van der Waals surface area contributed by atoms with Crippen molar-refractivity contribution < 1.29 is 0 Å². The van der Waals surface area contributed by atoms with E-state index in [-0.39, 0.29) is 0 Å². The van der Waals surface area contributed by atoms with Crippen LogP contribution in [0, 0.1) is 18.3 Å². The summed E-state index contributed by atoms with van der Waals surface area (Å²) in [5.74, 6) is 0. The van der Waals surface area contributed by atoms with Crippen molar-refractivity contribution in [1.82, 2.24) is 9.97 Å². The number of H-pyrrole nitrogens is 1. The first kappa shape index (κ1) is 6.86. The Morgan fingerprint density at radius 1 is 1.50 bits per heavy atom. The van der Waals surface area contributed by atoms with Gasteiger partial charge in [-0.05, 0) is 19.1 Å². The Balaban J connectivity index is 2.77. The highest BCUT2D eigenvalue weighted by atomic mass is 14.8. The van der Waals surface area contributed by atoms with Crippen molar-refractivity contribution >= 4 is 10.9 Å². The number of nitrogens with one attached hydrogen (secondary N) is 1. The molecule has 58 valence electrons. The molecule has 0 aliphatic carbocycles. The highest BCUT2D eigenvalue weighted by Gasteiger charge is 1.98. The number of pyridine rings is 1. The summed E-state index contributed by atoms with van der Waals surface area (Å²) in [6.07, 6.45) is 1.68. The summed E-state index contributed by atoms with van der Waals surface area (Å²) < 4.78 is 0. The number of aryl methyl sites for hydroxylation is 1. The fraction of sp³-hybridized carbons (Fsp3) is 0.111. The van der Waals surface area contributed by atoms with E-state index in [9.17, 15) is 0 Å². The molecule has 2 heterocycles. The van der Waals surface area contributed by atoms with Crippen molar-refractivity contribution in [2.24, 2.45) is 0 Å². The van der Waals surface area contributed by atoms with E-state index in [1.807, 2.05) is 19.1 Å². The maximum atomic E-state index is 8.58. The Bertz CT molecular complexity index is 462. The van der Waals surface area contributed by atoms with Crippen LogP contribution in [0.15, 0.2) is 18.3 Å². The monoisotopic (exact) mass is 157 g/mol. The van der Waals surface area contributed by atoms with E-state index in [0.717, 1.165) is 16.6 Å². The number of nitrogens with zero attached hydrogens (tertiary/aromatic N) is 2. The molecule has 0 amide bonds. The predicted molar refractivity (Wildman–Crippen MR) is 45.5 cm³/mol. The van der Waals surface area contributed by atoms with E-state index in [1.54, 1.807) is 12.3 Å². The lowest BCUT2D eigenvalue weighted by molar-refractivity contribution is 1.26. The summed E-state index contributed by atoms with van der Waals surface area (Å²) in [7, 11) is 0. The van der Waals surface area contributed by atoms with E-state index in [4.69, 9.17) is 5.26 Å². The molecule has 0 aromatic carbocycles. The van der Waals surface area contributed by atoms with E-state index in [2.05, 4.69) is 9.97 Å². The average Bonchev–Trinajstić information content (AvgIpc) is 2.43. The molecule has 0 saturated carbocycles. The molecule has 0 bridgehead atoms. The molecule has 0 aliphatic rings. The van der Waals surface area contributed by atoms with Crippen LogP contribution in [0.3, 0.4) is 0 Å². The number of aromatic amines is 1. The molecule has 0 unspecified atom stereocenters. The summed E-state index contributed by atoms with van der Waals surface area (Å²) >= 11 is 0. The van der Waals surface area contributed by atoms with Gasteiger partial charge in [-0.15, -0.1) is 0 Å². The fourth-order valence-electron chi connectivity index (χ4n) is 1.24. The van der Waals surface area contributed by atoms with Crippen molar-refractivity contribution in [2.45, 2.75) is 6.92 Å². The van der Waals surface area contributed by atoms with Gasteiger partial charge in [-0.1, -0.05) is 0 Å². The van der Waals surface area contributed by atoms with Gasteiger partial charge in [0.05, 0.1) is 11.7 Å². The number of hydrogen-bond donors (Lipinski definition) is 1. The second kappa shape index (κ2) is 2.35. The Morgan fingerprint density at radius 3 is 3.08 bits per heavy atom. The Labute approximate surface area is 69.7 Å². The molecule has 0 atom stereocenters. The van der Waals surface area contributed by atoms with Crippen LogP contribution in [0.1, 0.15) is 11.4 Å². The standard InChI is InChI=1S/C9H7N3/c1-6-2-7-3-8(4-10)11-5-9(7)12-6/h2-3,5,12H,1H3. The Morgan fingerprint density at radius 2 is 2.33 bits per heavy atom. The van der Waals surface area contributed by atoms with Crippen LogP contribution in [0.5, 0.6) is 0 Å². The zero-order valence-electron chi connectivity index (χ0n) is 6.63. The maximum Gasteiger partial charge on any atom is 0.141 e. The van der Waals surface area contributed by atoms with Crippen LogP contribution in [0.2, 0.25) is 0 Å². The van der Waals surface area contributed by atoms with Gasteiger partial charge >= 0.3 is 0 Å². The molecule has 0 spiro atoms. The Kier molecular flexibility index (Phi) is 1.34. The van der Waals surface area contributed by atoms with E-state index >= 15 is 0 Å². The van der Waals surface area contributed by atoms with Crippen molar-refractivity contribution in [3.63, 3.8) is 0 Å². The topological polar surface area (TPSA) is 52.5 Å². The maximum absolute atomic E-state index is 8.58. The highest BCUT2D eigenvalue weighted by Crippen LogP contribution is 2.13. The number of rotatable bonds is 0. The first-order chi connectivity index (χ1) is 5.79. The molecule has 0 saturated heterocycles. The molecule has 3 nitrogen and oxygen atoms in total. The van der Waals surface area contributed by atoms with Gasteiger partial charge in [0, 0.05) is 11.1 Å². The van der Waals surface area contributed by atoms with E-state index < -0.39 is 0 Å². The van der Waals surface area contributed by atoms with Crippen molar-refractivity contribution in [1.29, 1.82) is 5.26 Å². The van der Waals surface area contributed by atoms with Crippen LogP contribution in [0.4, 0.5) is 0 Å².